The molecule has 4 rings (SSSR count). The van der Waals surface area contributed by atoms with Gasteiger partial charge in [0, 0.05) is 23.9 Å². The molecule has 3 aromatic rings. The molecule has 24 heavy (non-hydrogen) atoms. The highest BCUT2D eigenvalue weighted by molar-refractivity contribution is 7.15. The van der Waals surface area contributed by atoms with E-state index in [2.05, 4.69) is 20.5 Å². The molecule has 0 radical (unpaired) electrons. The van der Waals surface area contributed by atoms with Gasteiger partial charge in [0.05, 0.1) is 0 Å². The number of hydrogen-bond acceptors (Lipinski definition) is 8. The molecule has 0 saturated carbocycles. The summed E-state index contributed by atoms with van der Waals surface area (Å²) in [5.74, 6) is -0.539. The molecule has 10 heteroatoms. The summed E-state index contributed by atoms with van der Waals surface area (Å²) < 4.78 is 6.97. The van der Waals surface area contributed by atoms with Crippen LogP contribution >= 0.6 is 22.7 Å². The predicted molar refractivity (Wildman–Crippen MR) is 89.9 cm³/mol. The zero-order chi connectivity index (χ0) is 16.7. The fraction of sp³-hybridized carbons (Fsp3) is 0.357. The van der Waals surface area contributed by atoms with Crippen molar-refractivity contribution in [3.05, 3.63) is 38.2 Å². The van der Waals surface area contributed by atoms with E-state index in [-0.39, 0.29) is 17.2 Å². The Morgan fingerprint density at radius 2 is 2.33 bits per heavy atom. The highest BCUT2D eigenvalue weighted by Gasteiger charge is 2.23. The van der Waals surface area contributed by atoms with Crippen molar-refractivity contribution in [2.24, 2.45) is 0 Å². The van der Waals surface area contributed by atoms with Crippen molar-refractivity contribution in [1.29, 1.82) is 0 Å². The minimum Gasteiger partial charge on any atom is -0.371 e. The molecule has 4 heterocycles. The van der Waals surface area contributed by atoms with Crippen LogP contribution in [-0.4, -0.2) is 32.1 Å². The first kappa shape index (κ1) is 15.4. The molecule has 1 amide bonds. The number of hydrogen-bond donors (Lipinski definition) is 1. The molecular weight excluding hydrogens is 350 g/mol. The summed E-state index contributed by atoms with van der Waals surface area (Å²) in [5.41, 5.74) is 0.335. The van der Waals surface area contributed by atoms with E-state index >= 15 is 0 Å². The molecule has 0 aromatic carbocycles. The van der Waals surface area contributed by atoms with E-state index in [0.29, 0.717) is 16.7 Å². The lowest BCUT2D eigenvalue weighted by atomic mass is 10.2. The fourth-order valence-electron chi connectivity index (χ4n) is 2.53. The second-order valence-corrected chi connectivity index (χ2v) is 7.22. The lowest BCUT2D eigenvalue weighted by molar-refractivity contribution is 0.102. The Morgan fingerprint density at radius 1 is 1.46 bits per heavy atom. The molecule has 124 valence electrons. The number of nitrogens with zero attached hydrogens (tertiary/aromatic N) is 4. The molecule has 0 aliphatic carbocycles. The zero-order valence-electron chi connectivity index (χ0n) is 12.7. The van der Waals surface area contributed by atoms with Gasteiger partial charge in [-0.15, -0.1) is 21.5 Å². The van der Waals surface area contributed by atoms with Gasteiger partial charge in [0.25, 0.3) is 11.5 Å². The number of carbonyl (C=O) groups is 1. The van der Waals surface area contributed by atoms with Crippen molar-refractivity contribution < 1.29 is 9.53 Å². The second-order valence-electron chi connectivity index (χ2n) is 5.37. The van der Waals surface area contributed by atoms with Gasteiger partial charge in [-0.05, 0) is 19.8 Å². The Bertz CT molecular complexity index is 970. The van der Waals surface area contributed by atoms with Crippen LogP contribution in [0, 0.1) is 6.92 Å². The number of nitrogens with one attached hydrogen (secondary N) is 1. The normalized spacial score (nSPS) is 17.5. The highest BCUT2D eigenvalue weighted by atomic mass is 32.1. The zero-order valence-corrected chi connectivity index (χ0v) is 14.3. The third-order valence-electron chi connectivity index (χ3n) is 3.73. The van der Waals surface area contributed by atoms with Crippen LogP contribution in [0.2, 0.25) is 0 Å². The van der Waals surface area contributed by atoms with Crippen LogP contribution in [-0.2, 0) is 4.74 Å². The Labute approximate surface area is 144 Å². The van der Waals surface area contributed by atoms with Crippen LogP contribution in [0.1, 0.15) is 40.0 Å². The summed E-state index contributed by atoms with van der Waals surface area (Å²) in [6, 6.07) is 0. The molecule has 1 atom stereocenters. The van der Waals surface area contributed by atoms with E-state index in [4.69, 9.17) is 4.74 Å². The Balaban J connectivity index is 1.59. The molecule has 0 bridgehead atoms. The molecule has 0 spiro atoms. The van der Waals surface area contributed by atoms with E-state index < -0.39 is 5.91 Å². The smallest absolute Gasteiger partial charge is 0.271 e. The van der Waals surface area contributed by atoms with Gasteiger partial charge in [-0.3, -0.25) is 19.3 Å². The van der Waals surface area contributed by atoms with E-state index in [1.54, 1.807) is 6.92 Å². The molecule has 0 unspecified atom stereocenters. The van der Waals surface area contributed by atoms with Crippen LogP contribution in [0.4, 0.5) is 5.13 Å². The standard InChI is InChI=1S/C14H13N5O3S2/c1-7-6-23-14-15-5-8(12(21)19(7)14)10(20)16-13-18-17-11(24-13)9-3-2-4-22-9/h5-6,9H,2-4H2,1H3,(H,16,18,20)/t9-/m1/s1. The fourth-order valence-corrected chi connectivity index (χ4v) is 4.18. The van der Waals surface area contributed by atoms with Crippen LogP contribution in [0.3, 0.4) is 0 Å². The number of thiazole rings is 1. The predicted octanol–water partition coefficient (Wildman–Crippen LogP) is 2.02. The molecule has 1 fully saturated rings. The number of aromatic nitrogens is 4. The van der Waals surface area contributed by atoms with Gasteiger partial charge in [-0.25, -0.2) is 4.98 Å². The Kier molecular flexibility index (Phi) is 3.87. The molecule has 1 N–H and O–H groups in total. The van der Waals surface area contributed by atoms with Gasteiger partial charge < -0.3 is 4.74 Å². The molecular formula is C14H13N5O3S2. The van der Waals surface area contributed by atoms with Gasteiger partial charge >= 0.3 is 0 Å². The van der Waals surface area contributed by atoms with Gasteiger partial charge in [0.2, 0.25) is 5.13 Å². The number of carbonyl (C=O) groups excluding carboxylic acids is 1. The van der Waals surface area contributed by atoms with Crippen LogP contribution < -0.4 is 10.9 Å². The molecule has 1 aliphatic heterocycles. The van der Waals surface area contributed by atoms with E-state index in [9.17, 15) is 9.59 Å². The average Bonchev–Trinajstić information content (AvgIpc) is 3.28. The minimum absolute atomic E-state index is 0.0251. The van der Waals surface area contributed by atoms with Gasteiger partial charge in [-0.2, -0.15) is 0 Å². The SMILES string of the molecule is Cc1csc2ncc(C(=O)Nc3nnc([C@H]4CCCO4)s3)c(=O)n12. The van der Waals surface area contributed by atoms with Crippen LogP contribution in [0.25, 0.3) is 4.96 Å². The van der Waals surface area contributed by atoms with Crippen molar-refractivity contribution in [3.63, 3.8) is 0 Å². The van der Waals surface area contributed by atoms with Crippen LogP contribution in [0.5, 0.6) is 0 Å². The quantitative estimate of drug-likeness (QED) is 0.764. The van der Waals surface area contributed by atoms with Crippen molar-refractivity contribution in [1.82, 2.24) is 19.6 Å². The van der Waals surface area contributed by atoms with E-state index in [1.807, 2.05) is 5.38 Å². The summed E-state index contributed by atoms with van der Waals surface area (Å²) in [6.07, 6.45) is 3.15. The number of ether oxygens (including phenoxy) is 1. The molecule has 1 aliphatic rings. The number of rotatable bonds is 3. The number of fused-ring (bicyclic) bond motifs is 1. The van der Waals surface area contributed by atoms with Gasteiger partial charge in [-0.1, -0.05) is 11.3 Å². The monoisotopic (exact) mass is 363 g/mol. The number of anilines is 1. The first-order valence-corrected chi connectivity index (χ1v) is 9.05. The summed E-state index contributed by atoms with van der Waals surface area (Å²) in [5, 5.41) is 13.5. The van der Waals surface area contributed by atoms with E-state index in [0.717, 1.165) is 23.5 Å². The van der Waals surface area contributed by atoms with Crippen molar-refractivity contribution >= 4 is 38.7 Å². The topological polar surface area (TPSA) is 98.5 Å². The minimum atomic E-state index is -0.539. The molecule has 3 aromatic heterocycles. The highest BCUT2D eigenvalue weighted by Crippen LogP contribution is 2.31. The van der Waals surface area contributed by atoms with Gasteiger partial charge in [0.15, 0.2) is 4.96 Å². The maximum absolute atomic E-state index is 12.5. The Hall–Kier alpha value is -2.17. The summed E-state index contributed by atoms with van der Waals surface area (Å²) in [6.45, 7) is 2.52. The number of aryl methyl sites for hydroxylation is 1. The van der Waals surface area contributed by atoms with Crippen molar-refractivity contribution in [2.75, 3.05) is 11.9 Å². The first-order chi connectivity index (χ1) is 11.6. The third kappa shape index (κ3) is 2.62. The van der Waals surface area contributed by atoms with Crippen LogP contribution in [0.15, 0.2) is 16.4 Å². The summed E-state index contributed by atoms with van der Waals surface area (Å²) in [4.78, 5) is 29.6. The lowest BCUT2D eigenvalue weighted by Gasteiger charge is -2.03. The number of amides is 1. The summed E-state index contributed by atoms with van der Waals surface area (Å²) in [7, 11) is 0. The van der Waals surface area contributed by atoms with Gasteiger partial charge in [0.1, 0.15) is 16.7 Å². The maximum atomic E-state index is 12.5. The summed E-state index contributed by atoms with van der Waals surface area (Å²) >= 11 is 2.62. The average molecular weight is 363 g/mol. The largest absolute Gasteiger partial charge is 0.371 e. The maximum Gasteiger partial charge on any atom is 0.271 e. The first-order valence-electron chi connectivity index (χ1n) is 7.35. The lowest BCUT2D eigenvalue weighted by Crippen LogP contribution is -2.26. The molecule has 1 saturated heterocycles. The van der Waals surface area contributed by atoms with Crippen molar-refractivity contribution in [3.8, 4) is 0 Å². The van der Waals surface area contributed by atoms with E-state index in [1.165, 1.54) is 33.3 Å². The second kappa shape index (κ2) is 6.04. The molecule has 8 nitrogen and oxygen atoms in total. The Morgan fingerprint density at radius 3 is 3.12 bits per heavy atom. The van der Waals surface area contributed by atoms with Crippen molar-refractivity contribution in [2.45, 2.75) is 25.9 Å². The third-order valence-corrected chi connectivity index (χ3v) is 5.62.